The highest BCUT2D eigenvalue weighted by Crippen LogP contribution is 2.45. The predicted molar refractivity (Wildman–Crippen MR) is 76.9 cm³/mol. The molecule has 1 atom stereocenters. The fourth-order valence-electron chi connectivity index (χ4n) is 3.38. The van der Waals surface area contributed by atoms with Crippen LogP contribution >= 0.6 is 0 Å². The fourth-order valence-corrected chi connectivity index (χ4v) is 8.11. The largest absolute Gasteiger partial charge is 0.393 e. The van der Waals surface area contributed by atoms with Gasteiger partial charge in [-0.3, -0.25) is 0 Å². The van der Waals surface area contributed by atoms with Gasteiger partial charge in [0.1, 0.15) is 5.22 Å². The molecule has 0 aromatic rings. The van der Waals surface area contributed by atoms with Gasteiger partial charge in [-0.05, 0) is 39.2 Å². The van der Waals surface area contributed by atoms with Gasteiger partial charge >= 0.3 is 8.56 Å². The fraction of sp³-hybridized carbons (Fsp3) is 1.00. The normalized spacial score (nSPS) is 27.7. The summed E-state index contributed by atoms with van der Waals surface area (Å²) in [5, 5.41) is -0.161. The summed E-state index contributed by atoms with van der Waals surface area (Å²) >= 11 is 0. The van der Waals surface area contributed by atoms with E-state index < -0.39 is 8.56 Å². The van der Waals surface area contributed by atoms with Gasteiger partial charge in [0.2, 0.25) is 0 Å². The summed E-state index contributed by atoms with van der Waals surface area (Å²) in [6.07, 6.45) is 3.53. The van der Waals surface area contributed by atoms with Gasteiger partial charge in [0, 0.05) is 19.8 Å². The smallest absolute Gasteiger partial charge is 0.371 e. The van der Waals surface area contributed by atoms with E-state index in [1.807, 2.05) is 0 Å². The molecule has 0 radical (unpaired) electrons. The average Bonchev–Trinajstić information content (AvgIpc) is 2.33. The Labute approximate surface area is 113 Å². The Morgan fingerprint density at radius 3 is 2.06 bits per heavy atom. The third-order valence-corrected chi connectivity index (χ3v) is 8.82. The first-order valence-electron chi connectivity index (χ1n) is 7.50. The predicted octanol–water partition coefficient (Wildman–Crippen LogP) is 3.66. The van der Waals surface area contributed by atoms with E-state index in [0.29, 0.717) is 5.92 Å². The van der Waals surface area contributed by atoms with Crippen LogP contribution in [-0.2, 0) is 13.6 Å². The zero-order valence-corrected chi connectivity index (χ0v) is 13.8. The zero-order valence-electron chi connectivity index (χ0n) is 12.8. The molecule has 18 heavy (non-hydrogen) atoms. The van der Waals surface area contributed by atoms with E-state index in [-0.39, 0.29) is 5.22 Å². The summed E-state index contributed by atoms with van der Waals surface area (Å²) < 4.78 is 18.7. The molecule has 0 spiro atoms. The van der Waals surface area contributed by atoms with Crippen molar-refractivity contribution in [1.29, 1.82) is 0 Å². The van der Waals surface area contributed by atoms with Crippen molar-refractivity contribution in [1.82, 2.24) is 0 Å². The Hall–Kier alpha value is 0.0969. The van der Waals surface area contributed by atoms with E-state index in [4.69, 9.17) is 13.6 Å². The van der Waals surface area contributed by atoms with Crippen LogP contribution in [0.5, 0.6) is 0 Å². The van der Waals surface area contributed by atoms with Crippen LogP contribution in [0, 0.1) is 5.92 Å². The molecular formula is C14H30O3Si. The van der Waals surface area contributed by atoms with Crippen molar-refractivity contribution in [2.24, 2.45) is 5.92 Å². The van der Waals surface area contributed by atoms with Crippen LogP contribution in [0.15, 0.2) is 0 Å². The molecule has 0 aromatic heterocycles. The Kier molecular flexibility index (Phi) is 6.31. The topological polar surface area (TPSA) is 27.7 Å². The van der Waals surface area contributed by atoms with E-state index in [2.05, 4.69) is 34.6 Å². The molecule has 1 heterocycles. The average molecular weight is 274 g/mol. The molecule has 1 rings (SSSR count). The van der Waals surface area contributed by atoms with Crippen molar-refractivity contribution in [3.8, 4) is 0 Å². The van der Waals surface area contributed by atoms with E-state index >= 15 is 0 Å². The first-order valence-corrected chi connectivity index (χ1v) is 9.52. The van der Waals surface area contributed by atoms with Crippen LogP contribution in [0.2, 0.25) is 6.04 Å². The minimum Gasteiger partial charge on any atom is -0.393 e. The van der Waals surface area contributed by atoms with E-state index in [0.717, 1.165) is 32.3 Å². The molecule has 1 aliphatic rings. The number of rotatable bonds is 7. The molecule has 0 saturated carbocycles. The van der Waals surface area contributed by atoms with E-state index in [1.54, 1.807) is 0 Å². The van der Waals surface area contributed by atoms with Gasteiger partial charge < -0.3 is 13.6 Å². The standard InChI is InChI=1S/C14H30O3Si/c1-6-15-14(13(4)5)11-9-10-12-18(14,16-7-2)17-8-3/h13H,6-12H2,1-5H3. The van der Waals surface area contributed by atoms with Gasteiger partial charge in [0.25, 0.3) is 0 Å². The first kappa shape index (κ1) is 16.2. The Morgan fingerprint density at radius 2 is 1.61 bits per heavy atom. The molecule has 0 bridgehead atoms. The van der Waals surface area contributed by atoms with Crippen LogP contribution in [0.4, 0.5) is 0 Å². The maximum atomic E-state index is 6.26. The lowest BCUT2D eigenvalue weighted by Crippen LogP contribution is -2.68. The van der Waals surface area contributed by atoms with Crippen molar-refractivity contribution in [2.75, 3.05) is 19.8 Å². The summed E-state index contributed by atoms with van der Waals surface area (Å²) in [5.41, 5.74) is 0. The Bertz CT molecular complexity index is 230. The van der Waals surface area contributed by atoms with Crippen molar-refractivity contribution < 1.29 is 13.6 Å². The molecule has 0 aliphatic carbocycles. The second kappa shape index (κ2) is 7.03. The second-order valence-electron chi connectivity index (χ2n) is 5.30. The lowest BCUT2D eigenvalue weighted by atomic mass is 9.99. The third kappa shape index (κ3) is 2.82. The monoisotopic (exact) mass is 274 g/mol. The van der Waals surface area contributed by atoms with Gasteiger partial charge in [-0.25, -0.2) is 0 Å². The van der Waals surface area contributed by atoms with Crippen LogP contribution < -0.4 is 0 Å². The third-order valence-electron chi connectivity index (χ3n) is 4.04. The van der Waals surface area contributed by atoms with E-state index in [9.17, 15) is 0 Å². The summed E-state index contributed by atoms with van der Waals surface area (Å²) in [5.74, 6) is 0.447. The first-order chi connectivity index (χ1) is 8.58. The molecule has 0 aromatic carbocycles. The second-order valence-corrected chi connectivity index (χ2v) is 8.73. The summed E-state index contributed by atoms with van der Waals surface area (Å²) in [7, 11) is -2.27. The van der Waals surface area contributed by atoms with Gasteiger partial charge in [0.15, 0.2) is 0 Å². The lowest BCUT2D eigenvalue weighted by Gasteiger charge is -2.51. The Balaban J connectivity index is 3.11. The number of hydrogen-bond acceptors (Lipinski definition) is 3. The summed E-state index contributed by atoms with van der Waals surface area (Å²) in [6.45, 7) is 12.9. The van der Waals surface area contributed by atoms with Crippen molar-refractivity contribution in [3.05, 3.63) is 0 Å². The van der Waals surface area contributed by atoms with Gasteiger partial charge in [-0.1, -0.05) is 26.7 Å². The summed E-state index contributed by atoms with van der Waals surface area (Å²) in [6, 6.07) is 1.08. The molecule has 0 amide bonds. The van der Waals surface area contributed by atoms with Crippen molar-refractivity contribution in [3.63, 3.8) is 0 Å². The molecule has 1 aliphatic heterocycles. The molecule has 1 unspecified atom stereocenters. The molecular weight excluding hydrogens is 244 g/mol. The van der Waals surface area contributed by atoms with E-state index in [1.165, 1.54) is 12.8 Å². The number of ether oxygens (including phenoxy) is 1. The lowest BCUT2D eigenvalue weighted by molar-refractivity contribution is -0.0681. The van der Waals surface area contributed by atoms with Crippen LogP contribution in [0.1, 0.15) is 53.9 Å². The minimum absolute atomic E-state index is 0.161. The van der Waals surface area contributed by atoms with Crippen molar-refractivity contribution in [2.45, 2.75) is 65.1 Å². The molecule has 1 fully saturated rings. The molecule has 0 N–H and O–H groups in total. The zero-order chi connectivity index (χ0) is 13.6. The van der Waals surface area contributed by atoms with Gasteiger partial charge in [-0.2, -0.15) is 0 Å². The van der Waals surface area contributed by atoms with Crippen LogP contribution in [0.3, 0.4) is 0 Å². The van der Waals surface area contributed by atoms with Crippen LogP contribution in [-0.4, -0.2) is 33.6 Å². The highest BCUT2D eigenvalue weighted by atomic mass is 28.4. The summed E-state index contributed by atoms with van der Waals surface area (Å²) in [4.78, 5) is 0. The molecule has 3 nitrogen and oxygen atoms in total. The highest BCUT2D eigenvalue weighted by Gasteiger charge is 2.61. The van der Waals surface area contributed by atoms with Crippen molar-refractivity contribution >= 4 is 8.56 Å². The quantitative estimate of drug-likeness (QED) is 0.663. The molecule has 1 saturated heterocycles. The van der Waals surface area contributed by atoms with Gasteiger partial charge in [0.05, 0.1) is 0 Å². The molecule has 108 valence electrons. The number of hydrogen-bond donors (Lipinski definition) is 0. The maximum Gasteiger partial charge on any atom is 0.371 e. The minimum atomic E-state index is -2.27. The SMILES string of the molecule is CCOC1(C(C)C)CCCC[Si]1(OCC)OCC. The van der Waals surface area contributed by atoms with Crippen LogP contribution in [0.25, 0.3) is 0 Å². The highest BCUT2D eigenvalue weighted by molar-refractivity contribution is 6.70. The maximum absolute atomic E-state index is 6.26. The molecule has 4 heteroatoms. The van der Waals surface area contributed by atoms with Gasteiger partial charge in [-0.15, -0.1) is 0 Å². The Morgan fingerprint density at radius 1 is 1.00 bits per heavy atom.